The number of hydrogen-bond donors (Lipinski definition) is 1. The molecule has 3 rings (SSSR count). The topological polar surface area (TPSA) is 24.9 Å². The second-order valence-electron chi connectivity index (χ2n) is 4.57. The molecule has 0 aliphatic rings. The summed E-state index contributed by atoms with van der Waals surface area (Å²) in [6, 6.07) is 10.6. The van der Waals surface area contributed by atoms with Crippen molar-refractivity contribution in [3.63, 3.8) is 0 Å². The predicted octanol–water partition coefficient (Wildman–Crippen LogP) is 4.90. The van der Waals surface area contributed by atoms with E-state index in [2.05, 4.69) is 30.4 Å². The Morgan fingerprint density at radius 2 is 2.20 bits per heavy atom. The molecule has 1 unspecified atom stereocenters. The molecule has 0 radical (unpaired) electrons. The van der Waals surface area contributed by atoms with Crippen LogP contribution in [0.4, 0.5) is 0 Å². The van der Waals surface area contributed by atoms with Crippen LogP contribution in [0.2, 0.25) is 5.02 Å². The summed E-state index contributed by atoms with van der Waals surface area (Å²) < 4.78 is 1.25. The molecular formula is C15H15ClN2S2. The number of aromatic nitrogens is 1. The number of likely N-dealkylation sites (N-methyl/N-ethyl adjacent to an activating group) is 1. The van der Waals surface area contributed by atoms with E-state index in [-0.39, 0.29) is 6.04 Å². The molecule has 0 bridgehead atoms. The van der Waals surface area contributed by atoms with Crippen LogP contribution in [0.5, 0.6) is 0 Å². The fraction of sp³-hybridized carbons (Fsp3) is 0.267. The molecule has 0 aliphatic heterocycles. The standard InChI is InChI=1S/C15H15ClN2S2/c1-2-17-13(8-11-7-10(16)9-19-11)15-18-12-5-3-4-6-14(12)20-15/h3-7,9,13,17H,2,8H2,1H3. The zero-order valence-corrected chi connectivity index (χ0v) is 13.5. The van der Waals surface area contributed by atoms with Crippen molar-refractivity contribution in [2.75, 3.05) is 6.54 Å². The van der Waals surface area contributed by atoms with Gasteiger partial charge in [0.15, 0.2) is 0 Å². The Hall–Kier alpha value is -0.940. The summed E-state index contributed by atoms with van der Waals surface area (Å²) in [5, 5.41) is 7.49. The zero-order chi connectivity index (χ0) is 13.9. The first kappa shape index (κ1) is 14.0. The molecule has 2 heterocycles. The van der Waals surface area contributed by atoms with Gasteiger partial charge in [0.25, 0.3) is 0 Å². The molecule has 5 heteroatoms. The molecule has 3 aromatic rings. The molecular weight excluding hydrogens is 308 g/mol. The van der Waals surface area contributed by atoms with Gasteiger partial charge < -0.3 is 5.32 Å². The van der Waals surface area contributed by atoms with E-state index in [1.165, 1.54) is 9.58 Å². The number of rotatable bonds is 5. The Morgan fingerprint density at radius 1 is 1.35 bits per heavy atom. The highest BCUT2D eigenvalue weighted by molar-refractivity contribution is 7.18. The van der Waals surface area contributed by atoms with Crippen LogP contribution in [0.3, 0.4) is 0 Å². The van der Waals surface area contributed by atoms with Crippen LogP contribution in [0.15, 0.2) is 35.7 Å². The summed E-state index contributed by atoms with van der Waals surface area (Å²) in [6.45, 7) is 3.06. The van der Waals surface area contributed by atoms with Crippen LogP contribution in [0.25, 0.3) is 10.2 Å². The van der Waals surface area contributed by atoms with E-state index in [4.69, 9.17) is 16.6 Å². The van der Waals surface area contributed by atoms with Gasteiger partial charge in [-0.1, -0.05) is 30.7 Å². The summed E-state index contributed by atoms with van der Waals surface area (Å²) in [7, 11) is 0. The third kappa shape index (κ3) is 3.04. The van der Waals surface area contributed by atoms with Crippen LogP contribution in [-0.4, -0.2) is 11.5 Å². The lowest BCUT2D eigenvalue weighted by Gasteiger charge is -2.14. The molecule has 1 N–H and O–H groups in total. The van der Waals surface area contributed by atoms with Gasteiger partial charge in [-0.2, -0.15) is 0 Å². The third-order valence-corrected chi connectivity index (χ3v) is 5.54. The highest BCUT2D eigenvalue weighted by Gasteiger charge is 2.16. The maximum absolute atomic E-state index is 6.01. The van der Waals surface area contributed by atoms with Gasteiger partial charge >= 0.3 is 0 Å². The SMILES string of the molecule is CCNC(Cc1cc(Cl)cs1)c1nc2ccccc2s1. The smallest absolute Gasteiger partial charge is 0.111 e. The van der Waals surface area contributed by atoms with Gasteiger partial charge in [0.1, 0.15) is 5.01 Å². The summed E-state index contributed by atoms with van der Waals surface area (Å²) in [5.74, 6) is 0. The second-order valence-corrected chi connectivity index (χ2v) is 7.06. The quantitative estimate of drug-likeness (QED) is 0.722. The van der Waals surface area contributed by atoms with Gasteiger partial charge in [-0.05, 0) is 24.7 Å². The summed E-state index contributed by atoms with van der Waals surface area (Å²) in [6.07, 6.45) is 0.936. The molecule has 2 aromatic heterocycles. The van der Waals surface area contributed by atoms with Crippen molar-refractivity contribution >= 4 is 44.5 Å². The maximum Gasteiger partial charge on any atom is 0.111 e. The van der Waals surface area contributed by atoms with Crippen molar-refractivity contribution in [2.45, 2.75) is 19.4 Å². The van der Waals surface area contributed by atoms with E-state index in [0.717, 1.165) is 28.5 Å². The van der Waals surface area contributed by atoms with Gasteiger partial charge in [-0.15, -0.1) is 22.7 Å². The lowest BCUT2D eigenvalue weighted by molar-refractivity contribution is 0.551. The largest absolute Gasteiger partial charge is 0.308 e. The predicted molar refractivity (Wildman–Crippen MR) is 89.1 cm³/mol. The minimum atomic E-state index is 0.257. The van der Waals surface area contributed by atoms with Gasteiger partial charge in [0, 0.05) is 16.7 Å². The van der Waals surface area contributed by atoms with E-state index in [1.54, 1.807) is 22.7 Å². The van der Waals surface area contributed by atoms with Crippen molar-refractivity contribution in [3.8, 4) is 0 Å². The number of thiazole rings is 1. The average molecular weight is 323 g/mol. The van der Waals surface area contributed by atoms with E-state index in [9.17, 15) is 0 Å². The minimum absolute atomic E-state index is 0.257. The fourth-order valence-corrected chi connectivity index (χ4v) is 4.36. The van der Waals surface area contributed by atoms with Gasteiger partial charge in [0.05, 0.1) is 21.3 Å². The van der Waals surface area contributed by atoms with Crippen LogP contribution < -0.4 is 5.32 Å². The first-order valence-corrected chi connectivity index (χ1v) is 8.65. The number of halogens is 1. The molecule has 20 heavy (non-hydrogen) atoms. The molecule has 0 aliphatic carbocycles. The minimum Gasteiger partial charge on any atom is -0.308 e. The number of fused-ring (bicyclic) bond motifs is 1. The molecule has 0 spiro atoms. The Balaban J connectivity index is 1.89. The Labute approximate surface area is 131 Å². The number of para-hydroxylation sites is 1. The summed E-state index contributed by atoms with van der Waals surface area (Å²) >= 11 is 9.49. The normalized spacial score (nSPS) is 12.9. The van der Waals surface area contributed by atoms with Crippen molar-refractivity contribution in [2.24, 2.45) is 0 Å². The zero-order valence-electron chi connectivity index (χ0n) is 11.1. The van der Waals surface area contributed by atoms with Crippen molar-refractivity contribution in [3.05, 3.63) is 50.6 Å². The van der Waals surface area contributed by atoms with E-state index < -0.39 is 0 Å². The molecule has 1 aromatic carbocycles. The lowest BCUT2D eigenvalue weighted by Crippen LogP contribution is -2.22. The highest BCUT2D eigenvalue weighted by Crippen LogP contribution is 2.30. The van der Waals surface area contributed by atoms with E-state index in [1.807, 2.05) is 17.5 Å². The third-order valence-electron chi connectivity index (χ3n) is 3.09. The molecule has 0 saturated carbocycles. The first-order valence-electron chi connectivity index (χ1n) is 6.58. The highest BCUT2D eigenvalue weighted by atomic mass is 35.5. The monoisotopic (exact) mass is 322 g/mol. The number of thiophene rings is 1. The van der Waals surface area contributed by atoms with Crippen molar-refractivity contribution in [1.82, 2.24) is 10.3 Å². The molecule has 0 fully saturated rings. The molecule has 104 valence electrons. The van der Waals surface area contributed by atoms with Crippen molar-refractivity contribution < 1.29 is 0 Å². The van der Waals surface area contributed by atoms with Crippen LogP contribution in [0, 0.1) is 0 Å². The van der Waals surface area contributed by atoms with E-state index >= 15 is 0 Å². The Morgan fingerprint density at radius 3 is 2.90 bits per heavy atom. The summed E-state index contributed by atoms with van der Waals surface area (Å²) in [4.78, 5) is 6.05. The maximum atomic E-state index is 6.01. The molecule has 2 nitrogen and oxygen atoms in total. The number of benzene rings is 1. The summed E-state index contributed by atoms with van der Waals surface area (Å²) in [5.41, 5.74) is 1.08. The first-order chi connectivity index (χ1) is 9.76. The Bertz CT molecular complexity index is 672. The molecule has 1 atom stereocenters. The Kier molecular flexibility index (Phi) is 4.36. The van der Waals surface area contributed by atoms with Gasteiger partial charge in [-0.25, -0.2) is 4.98 Å². The second kappa shape index (κ2) is 6.22. The molecule has 0 amide bonds. The van der Waals surface area contributed by atoms with E-state index in [0.29, 0.717) is 0 Å². The van der Waals surface area contributed by atoms with Crippen LogP contribution >= 0.6 is 34.3 Å². The average Bonchev–Trinajstić information content (AvgIpc) is 3.04. The van der Waals surface area contributed by atoms with Crippen molar-refractivity contribution in [1.29, 1.82) is 0 Å². The van der Waals surface area contributed by atoms with Crippen LogP contribution in [0.1, 0.15) is 22.9 Å². The fourth-order valence-electron chi connectivity index (χ4n) is 2.19. The van der Waals surface area contributed by atoms with Crippen LogP contribution in [-0.2, 0) is 6.42 Å². The lowest BCUT2D eigenvalue weighted by atomic mass is 10.2. The van der Waals surface area contributed by atoms with Gasteiger partial charge in [0.2, 0.25) is 0 Å². The number of nitrogens with one attached hydrogen (secondary N) is 1. The number of hydrogen-bond acceptors (Lipinski definition) is 4. The van der Waals surface area contributed by atoms with Gasteiger partial charge in [-0.3, -0.25) is 0 Å². The molecule has 0 saturated heterocycles. The number of nitrogens with zero attached hydrogens (tertiary/aromatic N) is 1.